The van der Waals surface area contributed by atoms with E-state index < -0.39 is 0 Å². The number of hydrogen-bond donors (Lipinski definition) is 0. The third-order valence-electron chi connectivity index (χ3n) is 5.34. The van der Waals surface area contributed by atoms with Gasteiger partial charge in [0.2, 0.25) is 0 Å². The minimum Gasteiger partial charge on any atom is -0.453 e. The molecular weight excluding hydrogens is 240 g/mol. The third kappa shape index (κ3) is 2.47. The predicted octanol–water partition coefficient (Wildman–Crippen LogP) is 2.48. The van der Waals surface area contributed by atoms with Crippen LogP contribution in [0.2, 0.25) is 0 Å². The van der Waals surface area contributed by atoms with E-state index >= 15 is 0 Å². The fourth-order valence-corrected chi connectivity index (χ4v) is 4.53. The van der Waals surface area contributed by atoms with E-state index in [0.29, 0.717) is 18.0 Å². The molecule has 3 fully saturated rings. The molecule has 0 aromatic heterocycles. The van der Waals surface area contributed by atoms with Gasteiger partial charge in [0, 0.05) is 18.6 Å². The standard InChI is InChI=1S/C15H26N2O2/c1-19-15(18)17-11-5-6-12-13(7-4-8-14(12)17)16-9-2-3-10-16/h12-14H,2-11H2,1H3/t12-,13+,14+/m1/s1. The highest BCUT2D eigenvalue weighted by Gasteiger charge is 2.43. The second-order valence-corrected chi connectivity index (χ2v) is 6.28. The van der Waals surface area contributed by atoms with Crippen molar-refractivity contribution in [1.82, 2.24) is 9.80 Å². The number of carbonyl (C=O) groups is 1. The molecular formula is C15H26N2O2. The lowest BCUT2D eigenvalue weighted by molar-refractivity contribution is 0.00465. The molecule has 19 heavy (non-hydrogen) atoms. The number of fused-ring (bicyclic) bond motifs is 1. The van der Waals surface area contributed by atoms with Crippen LogP contribution < -0.4 is 0 Å². The molecule has 1 saturated carbocycles. The van der Waals surface area contributed by atoms with Gasteiger partial charge in [-0.1, -0.05) is 0 Å². The van der Waals surface area contributed by atoms with E-state index in [1.54, 1.807) is 0 Å². The van der Waals surface area contributed by atoms with Gasteiger partial charge in [0.15, 0.2) is 0 Å². The quantitative estimate of drug-likeness (QED) is 0.731. The first-order chi connectivity index (χ1) is 9.31. The Morgan fingerprint density at radius 3 is 2.42 bits per heavy atom. The average molecular weight is 266 g/mol. The van der Waals surface area contributed by atoms with E-state index in [1.807, 2.05) is 4.90 Å². The van der Waals surface area contributed by atoms with Crippen molar-refractivity contribution in [2.24, 2.45) is 5.92 Å². The van der Waals surface area contributed by atoms with Crippen LogP contribution in [0.3, 0.4) is 0 Å². The lowest BCUT2D eigenvalue weighted by Gasteiger charge is -2.49. The van der Waals surface area contributed by atoms with Gasteiger partial charge in [-0.3, -0.25) is 0 Å². The number of nitrogens with zero attached hydrogens (tertiary/aromatic N) is 2. The number of rotatable bonds is 1. The van der Waals surface area contributed by atoms with Crippen LogP contribution in [0.1, 0.15) is 44.9 Å². The van der Waals surface area contributed by atoms with Gasteiger partial charge < -0.3 is 14.5 Å². The normalized spacial score (nSPS) is 36.1. The van der Waals surface area contributed by atoms with Gasteiger partial charge in [-0.15, -0.1) is 0 Å². The fourth-order valence-electron chi connectivity index (χ4n) is 4.53. The number of likely N-dealkylation sites (tertiary alicyclic amines) is 2. The molecule has 3 atom stereocenters. The number of carbonyl (C=O) groups excluding carboxylic acids is 1. The Bertz CT molecular complexity index is 328. The van der Waals surface area contributed by atoms with Crippen molar-refractivity contribution in [2.45, 2.75) is 57.0 Å². The largest absolute Gasteiger partial charge is 0.453 e. The summed E-state index contributed by atoms with van der Waals surface area (Å²) in [5.74, 6) is 0.680. The third-order valence-corrected chi connectivity index (χ3v) is 5.34. The van der Waals surface area contributed by atoms with Crippen molar-refractivity contribution in [3.8, 4) is 0 Å². The maximum Gasteiger partial charge on any atom is 0.409 e. The zero-order chi connectivity index (χ0) is 13.2. The molecule has 4 nitrogen and oxygen atoms in total. The predicted molar refractivity (Wildman–Crippen MR) is 74.1 cm³/mol. The molecule has 2 saturated heterocycles. The summed E-state index contributed by atoms with van der Waals surface area (Å²) in [4.78, 5) is 16.6. The summed E-state index contributed by atoms with van der Waals surface area (Å²) in [6, 6.07) is 1.15. The van der Waals surface area contributed by atoms with E-state index in [4.69, 9.17) is 4.74 Å². The highest BCUT2D eigenvalue weighted by molar-refractivity contribution is 5.68. The number of amides is 1. The minimum atomic E-state index is -0.114. The van der Waals surface area contributed by atoms with Gasteiger partial charge in [0.1, 0.15) is 0 Å². The first kappa shape index (κ1) is 13.2. The van der Waals surface area contributed by atoms with E-state index in [0.717, 1.165) is 13.0 Å². The molecule has 0 N–H and O–H groups in total. The highest BCUT2D eigenvalue weighted by Crippen LogP contribution is 2.39. The van der Waals surface area contributed by atoms with Crippen molar-refractivity contribution in [3.63, 3.8) is 0 Å². The van der Waals surface area contributed by atoms with Crippen LogP contribution in [0, 0.1) is 5.92 Å². The Hall–Kier alpha value is -0.770. The summed E-state index contributed by atoms with van der Waals surface area (Å²) in [7, 11) is 1.51. The second-order valence-electron chi connectivity index (χ2n) is 6.28. The maximum absolute atomic E-state index is 11.9. The summed E-state index contributed by atoms with van der Waals surface area (Å²) in [6.07, 6.45) is 8.79. The molecule has 2 heterocycles. The molecule has 0 bridgehead atoms. The highest BCUT2D eigenvalue weighted by atomic mass is 16.5. The average Bonchev–Trinajstić information content (AvgIpc) is 2.99. The smallest absolute Gasteiger partial charge is 0.409 e. The topological polar surface area (TPSA) is 32.8 Å². The Kier molecular flexibility index (Phi) is 3.96. The molecule has 3 aliphatic rings. The molecule has 2 aliphatic heterocycles. The van der Waals surface area contributed by atoms with Gasteiger partial charge in [0.05, 0.1) is 7.11 Å². The molecule has 3 rings (SSSR count). The van der Waals surface area contributed by atoms with Gasteiger partial charge in [-0.25, -0.2) is 4.79 Å². The number of hydrogen-bond acceptors (Lipinski definition) is 3. The number of ether oxygens (including phenoxy) is 1. The van der Waals surface area contributed by atoms with Crippen molar-refractivity contribution in [2.75, 3.05) is 26.7 Å². The van der Waals surface area contributed by atoms with Gasteiger partial charge >= 0.3 is 6.09 Å². The molecule has 4 heteroatoms. The summed E-state index contributed by atoms with van der Waals surface area (Å²) < 4.78 is 4.97. The van der Waals surface area contributed by atoms with E-state index in [2.05, 4.69) is 4.90 Å². The zero-order valence-corrected chi connectivity index (χ0v) is 12.0. The zero-order valence-electron chi connectivity index (χ0n) is 12.0. The van der Waals surface area contributed by atoms with Crippen molar-refractivity contribution in [1.29, 1.82) is 0 Å². The van der Waals surface area contributed by atoms with Crippen LogP contribution >= 0.6 is 0 Å². The van der Waals surface area contributed by atoms with E-state index in [1.165, 1.54) is 58.7 Å². The Balaban J connectivity index is 1.74. The SMILES string of the molecule is COC(=O)N1CCC[C@@H]2[C@@H](N3CCCC3)CCC[C@@H]21. The molecule has 0 radical (unpaired) electrons. The van der Waals surface area contributed by atoms with E-state index in [9.17, 15) is 4.79 Å². The van der Waals surface area contributed by atoms with Crippen molar-refractivity contribution < 1.29 is 9.53 Å². The Morgan fingerprint density at radius 2 is 1.68 bits per heavy atom. The molecule has 0 spiro atoms. The molecule has 1 amide bonds. The van der Waals surface area contributed by atoms with Crippen molar-refractivity contribution >= 4 is 6.09 Å². The lowest BCUT2D eigenvalue weighted by Crippen LogP contribution is -2.56. The Labute approximate surface area is 116 Å². The number of methoxy groups -OCH3 is 1. The molecule has 108 valence electrons. The van der Waals surface area contributed by atoms with Crippen LogP contribution in [0.5, 0.6) is 0 Å². The molecule has 0 unspecified atom stereocenters. The molecule has 1 aliphatic carbocycles. The van der Waals surface area contributed by atoms with Crippen LogP contribution in [-0.4, -0.2) is 54.7 Å². The van der Waals surface area contributed by atoms with Gasteiger partial charge in [-0.2, -0.15) is 0 Å². The van der Waals surface area contributed by atoms with Gasteiger partial charge in [0.25, 0.3) is 0 Å². The molecule has 0 aromatic carbocycles. The lowest BCUT2D eigenvalue weighted by atomic mass is 9.74. The fraction of sp³-hybridized carbons (Fsp3) is 0.933. The van der Waals surface area contributed by atoms with E-state index in [-0.39, 0.29) is 6.09 Å². The number of piperidine rings is 1. The monoisotopic (exact) mass is 266 g/mol. The first-order valence-electron chi connectivity index (χ1n) is 7.90. The second kappa shape index (κ2) is 5.70. The first-order valence-corrected chi connectivity index (χ1v) is 7.90. The minimum absolute atomic E-state index is 0.114. The summed E-state index contributed by atoms with van der Waals surface area (Å²) in [5.41, 5.74) is 0. The van der Waals surface area contributed by atoms with Crippen LogP contribution in [0.4, 0.5) is 4.79 Å². The molecule has 0 aromatic rings. The van der Waals surface area contributed by atoms with Crippen LogP contribution in [-0.2, 0) is 4.74 Å². The maximum atomic E-state index is 11.9. The summed E-state index contributed by atoms with van der Waals surface area (Å²) in [5, 5.41) is 0. The van der Waals surface area contributed by atoms with Crippen molar-refractivity contribution in [3.05, 3.63) is 0 Å². The van der Waals surface area contributed by atoms with Crippen LogP contribution in [0.15, 0.2) is 0 Å². The van der Waals surface area contributed by atoms with Gasteiger partial charge in [-0.05, 0) is 64.0 Å². The summed E-state index contributed by atoms with van der Waals surface area (Å²) in [6.45, 7) is 3.43. The Morgan fingerprint density at radius 1 is 0.947 bits per heavy atom. The van der Waals surface area contributed by atoms with Crippen LogP contribution in [0.25, 0.3) is 0 Å². The summed E-state index contributed by atoms with van der Waals surface area (Å²) >= 11 is 0.